The van der Waals surface area contributed by atoms with Crippen molar-refractivity contribution in [3.8, 4) is 11.1 Å². The molecule has 0 aliphatic rings. The number of aliphatic hydroxyl groups excluding tert-OH is 2. The van der Waals surface area contributed by atoms with E-state index in [0.29, 0.717) is 12.0 Å². The molecule has 5 N–H and O–H groups in total. The number of halogens is 2. The van der Waals surface area contributed by atoms with Crippen molar-refractivity contribution in [1.82, 2.24) is 15.2 Å². The van der Waals surface area contributed by atoms with Gasteiger partial charge in [-0.3, -0.25) is 14.7 Å². The minimum absolute atomic E-state index is 0.243. The standard InChI is InChI=1S/C24H32F2N4O4/c1-5-16(32)12-30(22(33)21(27)24(2,3)4)23(34)29-19(13-31)14-6-8-15(9-7-14)20-17(25)10-28-11-18(20)26/h6-11,16,19,21,31-32H,5,12-13,27H2,1-4H3,(H,29,34)/t16-,19+,21-/m1/s1. The average molecular weight is 479 g/mol. The molecule has 3 atom stereocenters. The Morgan fingerprint density at radius 1 is 1.15 bits per heavy atom. The number of imide groups is 1. The molecule has 34 heavy (non-hydrogen) atoms. The molecule has 8 nitrogen and oxygen atoms in total. The van der Waals surface area contributed by atoms with Crippen LogP contribution in [0.1, 0.15) is 45.7 Å². The van der Waals surface area contributed by atoms with Crippen molar-refractivity contribution in [3.05, 3.63) is 53.9 Å². The number of hydrogen-bond donors (Lipinski definition) is 4. The van der Waals surface area contributed by atoms with Crippen LogP contribution in [0.3, 0.4) is 0 Å². The Bertz CT molecular complexity index is 975. The topological polar surface area (TPSA) is 129 Å². The summed E-state index contributed by atoms with van der Waals surface area (Å²) in [4.78, 5) is 30.2. The smallest absolute Gasteiger partial charge is 0.324 e. The van der Waals surface area contributed by atoms with Gasteiger partial charge in [-0.1, -0.05) is 52.0 Å². The third kappa shape index (κ3) is 6.55. The number of pyridine rings is 1. The van der Waals surface area contributed by atoms with Crippen LogP contribution in [0.25, 0.3) is 11.1 Å². The molecule has 0 aliphatic heterocycles. The van der Waals surface area contributed by atoms with Crippen LogP contribution >= 0.6 is 0 Å². The fourth-order valence-corrected chi connectivity index (χ4v) is 3.18. The number of carbonyl (C=O) groups excluding carboxylic acids is 2. The zero-order chi connectivity index (χ0) is 25.6. The zero-order valence-corrected chi connectivity index (χ0v) is 19.8. The molecule has 0 spiro atoms. The number of aromatic nitrogens is 1. The summed E-state index contributed by atoms with van der Waals surface area (Å²) >= 11 is 0. The lowest BCUT2D eigenvalue weighted by Crippen LogP contribution is -2.56. The van der Waals surface area contributed by atoms with Gasteiger partial charge in [0, 0.05) is 0 Å². The molecule has 0 unspecified atom stereocenters. The van der Waals surface area contributed by atoms with E-state index in [1.165, 1.54) is 24.3 Å². The molecule has 0 aliphatic carbocycles. The maximum Gasteiger partial charge on any atom is 0.324 e. The van der Waals surface area contributed by atoms with Crippen molar-refractivity contribution in [3.63, 3.8) is 0 Å². The maximum absolute atomic E-state index is 14.0. The van der Waals surface area contributed by atoms with Crippen LogP contribution in [0.15, 0.2) is 36.7 Å². The number of nitrogens with zero attached hydrogens (tertiary/aromatic N) is 2. The number of aliphatic hydroxyl groups is 2. The van der Waals surface area contributed by atoms with Gasteiger partial charge in [-0.25, -0.2) is 13.6 Å². The van der Waals surface area contributed by atoms with Crippen LogP contribution in [0.2, 0.25) is 0 Å². The van der Waals surface area contributed by atoms with Crippen molar-refractivity contribution < 1.29 is 28.6 Å². The minimum Gasteiger partial charge on any atom is -0.394 e. The number of nitrogens with one attached hydrogen (secondary N) is 1. The molecule has 186 valence electrons. The Hall–Kier alpha value is -2.95. The van der Waals surface area contributed by atoms with Crippen LogP contribution in [0.4, 0.5) is 13.6 Å². The lowest BCUT2D eigenvalue weighted by Gasteiger charge is -2.32. The molecule has 3 amide bonds. The maximum atomic E-state index is 14.0. The summed E-state index contributed by atoms with van der Waals surface area (Å²) in [7, 11) is 0. The van der Waals surface area contributed by atoms with Crippen molar-refractivity contribution in [2.24, 2.45) is 11.1 Å². The summed E-state index contributed by atoms with van der Waals surface area (Å²) in [6.45, 7) is 6.22. The molecule has 0 radical (unpaired) electrons. The number of carbonyl (C=O) groups is 2. The van der Waals surface area contributed by atoms with Gasteiger partial charge in [-0.2, -0.15) is 0 Å². The van der Waals surface area contributed by atoms with Gasteiger partial charge in [-0.05, 0) is 23.0 Å². The van der Waals surface area contributed by atoms with Crippen molar-refractivity contribution in [2.45, 2.75) is 52.3 Å². The number of hydrogen-bond acceptors (Lipinski definition) is 6. The van der Waals surface area contributed by atoms with Gasteiger partial charge in [0.15, 0.2) is 11.6 Å². The van der Waals surface area contributed by atoms with E-state index in [9.17, 15) is 28.6 Å². The third-order valence-electron chi connectivity index (χ3n) is 5.51. The van der Waals surface area contributed by atoms with Gasteiger partial charge in [0.1, 0.15) is 0 Å². The quantitative estimate of drug-likeness (QED) is 0.462. The summed E-state index contributed by atoms with van der Waals surface area (Å²) in [5.41, 5.74) is 5.88. The van der Waals surface area contributed by atoms with Crippen molar-refractivity contribution in [2.75, 3.05) is 13.2 Å². The van der Waals surface area contributed by atoms with E-state index in [-0.39, 0.29) is 17.7 Å². The van der Waals surface area contributed by atoms with Crippen molar-refractivity contribution >= 4 is 11.9 Å². The molecule has 0 saturated carbocycles. The number of benzene rings is 1. The van der Waals surface area contributed by atoms with Crippen LogP contribution in [-0.4, -0.2) is 57.3 Å². The van der Waals surface area contributed by atoms with E-state index in [4.69, 9.17) is 5.73 Å². The Kier molecular flexibility index (Phi) is 9.20. The first kappa shape index (κ1) is 27.3. The normalized spacial score (nSPS) is 14.3. The van der Waals surface area contributed by atoms with E-state index in [1.54, 1.807) is 27.7 Å². The predicted octanol–water partition coefficient (Wildman–Crippen LogP) is 2.74. The Labute approximate surface area is 197 Å². The number of urea groups is 1. The highest BCUT2D eigenvalue weighted by Gasteiger charge is 2.35. The molecular formula is C24H32F2N4O4. The highest BCUT2D eigenvalue weighted by molar-refractivity contribution is 5.97. The fraction of sp³-hybridized carbons (Fsp3) is 0.458. The number of amides is 3. The van der Waals surface area contributed by atoms with E-state index in [0.717, 1.165) is 17.3 Å². The Morgan fingerprint density at radius 3 is 2.18 bits per heavy atom. The van der Waals surface area contributed by atoms with E-state index in [2.05, 4.69) is 10.3 Å². The van der Waals surface area contributed by atoms with Crippen molar-refractivity contribution in [1.29, 1.82) is 0 Å². The van der Waals surface area contributed by atoms with Gasteiger partial charge < -0.3 is 21.3 Å². The molecule has 1 heterocycles. The SMILES string of the molecule is CC[C@@H](O)CN(C(=O)N[C@@H](CO)c1ccc(-c2c(F)cncc2F)cc1)C(=O)[C@@H](N)C(C)(C)C. The van der Waals surface area contributed by atoms with Gasteiger partial charge in [-0.15, -0.1) is 0 Å². The molecule has 2 rings (SSSR count). The van der Waals surface area contributed by atoms with Gasteiger partial charge in [0.25, 0.3) is 0 Å². The number of rotatable bonds is 8. The average Bonchev–Trinajstić information content (AvgIpc) is 2.79. The lowest BCUT2D eigenvalue weighted by molar-refractivity contribution is -0.133. The molecule has 1 aromatic heterocycles. The summed E-state index contributed by atoms with van der Waals surface area (Å²) in [5.74, 6) is -2.30. The highest BCUT2D eigenvalue weighted by Crippen LogP contribution is 2.27. The predicted molar refractivity (Wildman–Crippen MR) is 123 cm³/mol. The second-order valence-electron chi connectivity index (χ2n) is 9.14. The molecular weight excluding hydrogens is 446 g/mol. The largest absolute Gasteiger partial charge is 0.394 e. The first-order valence-corrected chi connectivity index (χ1v) is 11.0. The van der Waals surface area contributed by atoms with Crippen LogP contribution < -0.4 is 11.1 Å². The fourth-order valence-electron chi connectivity index (χ4n) is 3.18. The van der Waals surface area contributed by atoms with Gasteiger partial charge in [0.2, 0.25) is 5.91 Å². The summed E-state index contributed by atoms with van der Waals surface area (Å²) in [5, 5.41) is 22.5. The van der Waals surface area contributed by atoms with Crippen LogP contribution in [-0.2, 0) is 4.79 Å². The Morgan fingerprint density at radius 2 is 1.71 bits per heavy atom. The summed E-state index contributed by atoms with van der Waals surface area (Å²) < 4.78 is 28.0. The van der Waals surface area contributed by atoms with E-state index in [1.807, 2.05) is 0 Å². The van der Waals surface area contributed by atoms with E-state index >= 15 is 0 Å². The first-order chi connectivity index (χ1) is 15.9. The van der Waals surface area contributed by atoms with Gasteiger partial charge in [0.05, 0.1) is 49.3 Å². The molecule has 10 heteroatoms. The number of nitrogens with two attached hydrogens (primary N) is 1. The summed E-state index contributed by atoms with van der Waals surface area (Å²) in [6, 6.07) is 3.16. The molecule has 2 aromatic rings. The minimum atomic E-state index is -1.00. The molecule has 0 fully saturated rings. The highest BCUT2D eigenvalue weighted by atomic mass is 19.1. The monoisotopic (exact) mass is 478 g/mol. The first-order valence-electron chi connectivity index (χ1n) is 11.0. The zero-order valence-electron chi connectivity index (χ0n) is 19.8. The second-order valence-corrected chi connectivity index (χ2v) is 9.14. The Balaban J connectivity index is 2.27. The molecule has 1 aromatic carbocycles. The van der Waals surface area contributed by atoms with Crippen LogP contribution in [0, 0.1) is 17.0 Å². The third-order valence-corrected chi connectivity index (χ3v) is 5.51. The molecule has 0 saturated heterocycles. The van der Waals surface area contributed by atoms with Crippen LogP contribution in [0.5, 0.6) is 0 Å². The van der Waals surface area contributed by atoms with Gasteiger partial charge >= 0.3 is 6.03 Å². The van der Waals surface area contributed by atoms with E-state index < -0.39 is 53.8 Å². The second kappa shape index (κ2) is 11.5. The summed E-state index contributed by atoms with van der Waals surface area (Å²) in [6.07, 6.45) is 1.18. The lowest BCUT2D eigenvalue weighted by atomic mass is 9.86. The molecule has 0 bridgehead atoms.